The summed E-state index contributed by atoms with van der Waals surface area (Å²) in [4.78, 5) is 10.3. The Morgan fingerprint density at radius 1 is 1.17 bits per heavy atom. The van der Waals surface area contributed by atoms with E-state index in [2.05, 4.69) is 31.9 Å². The Kier molecular flexibility index (Phi) is 3.95. The van der Waals surface area contributed by atoms with E-state index in [1.165, 1.54) is 0 Å². The van der Waals surface area contributed by atoms with Crippen molar-refractivity contribution >= 4 is 38.1 Å². The van der Waals surface area contributed by atoms with Crippen LogP contribution in [0, 0.1) is 0 Å². The SMILES string of the molecule is O=C[C@H](Br)[C@H](Br)c1ccccc1. The first-order chi connectivity index (χ1) is 5.75. The molecule has 0 fully saturated rings. The van der Waals surface area contributed by atoms with Crippen LogP contribution in [-0.2, 0) is 4.79 Å². The van der Waals surface area contributed by atoms with Crippen molar-refractivity contribution in [1.82, 2.24) is 0 Å². The molecule has 1 aromatic carbocycles. The van der Waals surface area contributed by atoms with E-state index in [0.29, 0.717) is 0 Å². The zero-order valence-electron chi connectivity index (χ0n) is 6.28. The van der Waals surface area contributed by atoms with Crippen LogP contribution in [0.15, 0.2) is 30.3 Å². The Morgan fingerprint density at radius 2 is 1.75 bits per heavy atom. The number of hydrogen-bond acceptors (Lipinski definition) is 1. The van der Waals surface area contributed by atoms with Gasteiger partial charge in [0.1, 0.15) is 6.29 Å². The van der Waals surface area contributed by atoms with Crippen LogP contribution in [-0.4, -0.2) is 11.1 Å². The van der Waals surface area contributed by atoms with E-state index in [4.69, 9.17) is 0 Å². The van der Waals surface area contributed by atoms with Crippen LogP contribution < -0.4 is 0 Å². The lowest BCUT2D eigenvalue weighted by Crippen LogP contribution is -2.06. The van der Waals surface area contributed by atoms with Gasteiger partial charge >= 0.3 is 0 Å². The van der Waals surface area contributed by atoms with E-state index in [9.17, 15) is 4.79 Å². The molecule has 0 aliphatic carbocycles. The first kappa shape index (κ1) is 9.93. The lowest BCUT2D eigenvalue weighted by atomic mass is 10.1. The largest absolute Gasteiger partial charge is 0.302 e. The summed E-state index contributed by atoms with van der Waals surface area (Å²) in [5, 5.41) is 0. The molecule has 0 bridgehead atoms. The van der Waals surface area contributed by atoms with E-state index in [1.807, 2.05) is 30.3 Å². The predicted molar refractivity (Wildman–Crippen MR) is 56.9 cm³/mol. The molecule has 0 aliphatic rings. The summed E-state index contributed by atoms with van der Waals surface area (Å²) in [6.07, 6.45) is 0.881. The highest BCUT2D eigenvalue weighted by Gasteiger charge is 2.15. The molecule has 1 aromatic rings. The second-order valence-corrected chi connectivity index (χ2v) is 4.44. The van der Waals surface area contributed by atoms with Gasteiger partial charge in [-0.3, -0.25) is 0 Å². The smallest absolute Gasteiger partial charge is 0.135 e. The standard InChI is InChI=1S/C9H8Br2O/c10-8(6-12)9(11)7-4-2-1-3-5-7/h1-6,8-9H/t8-,9+/m0/s1. The number of halogens is 2. The molecular weight excluding hydrogens is 284 g/mol. The van der Waals surface area contributed by atoms with Gasteiger partial charge in [-0.05, 0) is 5.56 Å². The molecule has 12 heavy (non-hydrogen) atoms. The van der Waals surface area contributed by atoms with Gasteiger partial charge in [-0.15, -0.1) is 0 Å². The molecule has 0 unspecified atom stereocenters. The van der Waals surface area contributed by atoms with Gasteiger partial charge in [0.15, 0.2) is 0 Å². The van der Waals surface area contributed by atoms with Crippen molar-refractivity contribution in [3.05, 3.63) is 35.9 Å². The lowest BCUT2D eigenvalue weighted by molar-refractivity contribution is -0.107. The van der Waals surface area contributed by atoms with E-state index in [-0.39, 0.29) is 9.65 Å². The molecule has 2 atom stereocenters. The molecule has 1 nitrogen and oxygen atoms in total. The van der Waals surface area contributed by atoms with Gasteiger partial charge in [-0.2, -0.15) is 0 Å². The molecule has 0 N–H and O–H groups in total. The normalized spacial score (nSPS) is 15.2. The Balaban J connectivity index is 2.78. The molecule has 64 valence electrons. The summed E-state index contributed by atoms with van der Waals surface area (Å²) in [7, 11) is 0. The average Bonchev–Trinajstić information content (AvgIpc) is 2.17. The summed E-state index contributed by atoms with van der Waals surface area (Å²) in [5.74, 6) is 0. The van der Waals surface area contributed by atoms with Crippen LogP contribution in [0.1, 0.15) is 10.4 Å². The van der Waals surface area contributed by atoms with Gasteiger partial charge in [0.25, 0.3) is 0 Å². The summed E-state index contributed by atoms with van der Waals surface area (Å²) >= 11 is 6.70. The zero-order valence-corrected chi connectivity index (χ0v) is 9.45. The van der Waals surface area contributed by atoms with Gasteiger partial charge < -0.3 is 4.79 Å². The summed E-state index contributed by atoms with van der Waals surface area (Å²) < 4.78 is 0. The minimum absolute atomic E-state index is 0.0520. The zero-order chi connectivity index (χ0) is 8.97. The maximum Gasteiger partial charge on any atom is 0.135 e. The van der Waals surface area contributed by atoms with E-state index < -0.39 is 0 Å². The van der Waals surface area contributed by atoms with Crippen molar-refractivity contribution in [2.75, 3.05) is 0 Å². The summed E-state index contributed by atoms with van der Waals surface area (Å²) in [6.45, 7) is 0. The first-order valence-corrected chi connectivity index (χ1v) is 5.37. The van der Waals surface area contributed by atoms with Crippen molar-refractivity contribution in [1.29, 1.82) is 0 Å². The van der Waals surface area contributed by atoms with E-state index in [1.54, 1.807) is 0 Å². The maximum atomic E-state index is 10.4. The van der Waals surface area contributed by atoms with Crippen molar-refractivity contribution < 1.29 is 4.79 Å². The second kappa shape index (κ2) is 4.77. The quantitative estimate of drug-likeness (QED) is 0.618. The third-order valence-electron chi connectivity index (χ3n) is 1.53. The predicted octanol–water partition coefficient (Wildman–Crippen LogP) is 3.09. The molecule has 1 rings (SSSR count). The van der Waals surface area contributed by atoms with E-state index >= 15 is 0 Å². The van der Waals surface area contributed by atoms with Crippen LogP contribution in [0.4, 0.5) is 0 Å². The van der Waals surface area contributed by atoms with Gasteiger partial charge in [0.2, 0.25) is 0 Å². The Hall–Kier alpha value is -0.150. The van der Waals surface area contributed by atoms with Crippen molar-refractivity contribution in [2.24, 2.45) is 0 Å². The molecule has 0 amide bonds. The molecule has 0 heterocycles. The Morgan fingerprint density at radius 3 is 2.25 bits per heavy atom. The molecule has 0 saturated carbocycles. The molecule has 0 aromatic heterocycles. The lowest BCUT2D eigenvalue weighted by Gasteiger charge is -2.10. The number of benzene rings is 1. The third-order valence-corrected chi connectivity index (χ3v) is 4.08. The Labute approximate surface area is 88.4 Å². The van der Waals surface area contributed by atoms with Gasteiger partial charge in [-0.25, -0.2) is 0 Å². The van der Waals surface area contributed by atoms with Crippen LogP contribution in [0.25, 0.3) is 0 Å². The molecule has 0 spiro atoms. The van der Waals surface area contributed by atoms with Gasteiger partial charge in [0.05, 0.1) is 9.65 Å². The fourth-order valence-corrected chi connectivity index (χ4v) is 1.62. The molecule has 3 heteroatoms. The highest BCUT2D eigenvalue weighted by Crippen LogP contribution is 2.29. The van der Waals surface area contributed by atoms with Crippen LogP contribution in [0.5, 0.6) is 0 Å². The van der Waals surface area contributed by atoms with Crippen LogP contribution >= 0.6 is 31.9 Å². The van der Waals surface area contributed by atoms with Crippen molar-refractivity contribution in [2.45, 2.75) is 9.65 Å². The molecule has 0 radical (unpaired) electrons. The van der Waals surface area contributed by atoms with Gasteiger partial charge in [0, 0.05) is 0 Å². The minimum Gasteiger partial charge on any atom is -0.302 e. The fraction of sp³-hybridized carbons (Fsp3) is 0.222. The number of carbonyl (C=O) groups excluding carboxylic acids is 1. The van der Waals surface area contributed by atoms with Crippen LogP contribution in [0.3, 0.4) is 0 Å². The fourth-order valence-electron chi connectivity index (χ4n) is 0.890. The topological polar surface area (TPSA) is 17.1 Å². The molecular formula is C9H8Br2O. The number of alkyl halides is 2. The second-order valence-electron chi connectivity index (χ2n) is 2.39. The number of carbonyl (C=O) groups is 1. The maximum absolute atomic E-state index is 10.4. The third kappa shape index (κ3) is 2.42. The minimum atomic E-state index is -0.167. The van der Waals surface area contributed by atoms with Gasteiger partial charge in [-0.1, -0.05) is 62.2 Å². The number of hydrogen-bond donors (Lipinski definition) is 0. The first-order valence-electron chi connectivity index (χ1n) is 3.54. The van der Waals surface area contributed by atoms with Crippen molar-refractivity contribution in [3.63, 3.8) is 0 Å². The van der Waals surface area contributed by atoms with Crippen LogP contribution in [0.2, 0.25) is 0 Å². The number of rotatable bonds is 3. The molecule has 0 aliphatic heterocycles. The monoisotopic (exact) mass is 290 g/mol. The summed E-state index contributed by atoms with van der Waals surface area (Å²) in [6, 6.07) is 9.82. The highest BCUT2D eigenvalue weighted by atomic mass is 79.9. The highest BCUT2D eigenvalue weighted by molar-refractivity contribution is 9.12. The molecule has 0 saturated heterocycles. The average molecular weight is 292 g/mol. The van der Waals surface area contributed by atoms with E-state index in [0.717, 1.165) is 11.8 Å². The Bertz CT molecular complexity index is 248. The van der Waals surface area contributed by atoms with Crippen molar-refractivity contribution in [3.8, 4) is 0 Å². The number of aldehydes is 1. The summed E-state index contributed by atoms with van der Waals surface area (Å²) in [5.41, 5.74) is 1.10.